The minimum Gasteiger partial charge on any atom is -0.465 e. The highest BCUT2D eigenvalue weighted by Gasteiger charge is 2.10. The Kier molecular flexibility index (Phi) is 6.08. The van der Waals surface area contributed by atoms with E-state index < -0.39 is 5.97 Å². The number of amides is 1. The van der Waals surface area contributed by atoms with Crippen molar-refractivity contribution < 1.29 is 14.3 Å². The van der Waals surface area contributed by atoms with Crippen molar-refractivity contribution >= 4 is 29.3 Å². The predicted molar refractivity (Wildman–Crippen MR) is 72.2 cm³/mol. The number of rotatable bonds is 6. The van der Waals surface area contributed by atoms with E-state index in [0.29, 0.717) is 17.4 Å². The second-order valence-corrected chi connectivity index (χ2v) is 4.21. The van der Waals surface area contributed by atoms with Crippen molar-refractivity contribution in [1.29, 1.82) is 0 Å². The van der Waals surface area contributed by atoms with Crippen molar-refractivity contribution in [2.24, 2.45) is 0 Å². The molecule has 1 N–H and O–H groups in total. The van der Waals surface area contributed by atoms with Crippen LogP contribution in [0.3, 0.4) is 0 Å². The molecule has 19 heavy (non-hydrogen) atoms. The molecule has 0 atom stereocenters. The van der Waals surface area contributed by atoms with E-state index in [2.05, 4.69) is 10.3 Å². The van der Waals surface area contributed by atoms with Crippen molar-refractivity contribution in [2.45, 2.75) is 6.92 Å². The van der Waals surface area contributed by atoms with Crippen LogP contribution >= 0.6 is 11.6 Å². The van der Waals surface area contributed by atoms with E-state index in [1.165, 1.54) is 6.20 Å². The van der Waals surface area contributed by atoms with Gasteiger partial charge in [0.25, 0.3) is 0 Å². The molecule has 1 aromatic rings. The normalized spacial score (nSPS) is 9.84. The quantitative estimate of drug-likeness (QED) is 0.785. The Morgan fingerprint density at radius 3 is 2.79 bits per heavy atom. The Labute approximate surface area is 116 Å². The number of halogens is 1. The highest BCUT2D eigenvalue weighted by molar-refractivity contribution is 6.30. The van der Waals surface area contributed by atoms with E-state index in [1.807, 2.05) is 0 Å². The first kappa shape index (κ1) is 15.2. The number of carbonyl (C=O) groups is 2. The monoisotopic (exact) mass is 285 g/mol. The molecule has 6 nitrogen and oxygen atoms in total. The maximum Gasteiger partial charge on any atom is 0.325 e. The van der Waals surface area contributed by atoms with Gasteiger partial charge in [0.1, 0.15) is 12.4 Å². The maximum atomic E-state index is 11.6. The summed E-state index contributed by atoms with van der Waals surface area (Å²) in [6.07, 6.45) is 1.50. The number of nitrogens with one attached hydrogen (secondary N) is 1. The third-order valence-electron chi connectivity index (χ3n) is 2.22. The lowest BCUT2D eigenvalue weighted by Crippen LogP contribution is -2.38. The van der Waals surface area contributed by atoms with Gasteiger partial charge >= 0.3 is 5.97 Å². The predicted octanol–water partition coefficient (Wildman–Crippen LogP) is 0.851. The average molecular weight is 286 g/mol. The summed E-state index contributed by atoms with van der Waals surface area (Å²) >= 11 is 5.72. The number of anilines is 1. The number of ether oxygens (including phenoxy) is 1. The van der Waals surface area contributed by atoms with Crippen LogP contribution in [0.5, 0.6) is 0 Å². The molecule has 0 aromatic carbocycles. The Bertz CT molecular complexity index is 436. The molecule has 1 aromatic heterocycles. The maximum absolute atomic E-state index is 11.6. The van der Waals surface area contributed by atoms with Crippen LogP contribution in [0.2, 0.25) is 5.02 Å². The van der Waals surface area contributed by atoms with Gasteiger partial charge in [-0.15, -0.1) is 0 Å². The van der Waals surface area contributed by atoms with Gasteiger partial charge < -0.3 is 15.0 Å². The summed E-state index contributed by atoms with van der Waals surface area (Å²) in [6, 6.07) is 3.40. The first-order valence-electron chi connectivity index (χ1n) is 5.78. The zero-order chi connectivity index (χ0) is 14.3. The summed E-state index contributed by atoms with van der Waals surface area (Å²) in [6.45, 7) is 1.96. The smallest absolute Gasteiger partial charge is 0.325 e. The van der Waals surface area contributed by atoms with Gasteiger partial charge in [0.2, 0.25) is 5.91 Å². The van der Waals surface area contributed by atoms with E-state index in [-0.39, 0.29) is 19.0 Å². The van der Waals surface area contributed by atoms with Crippen LogP contribution in [0.1, 0.15) is 6.92 Å². The second-order valence-electron chi connectivity index (χ2n) is 3.77. The third-order valence-corrected chi connectivity index (χ3v) is 2.44. The molecule has 7 heteroatoms. The van der Waals surface area contributed by atoms with Gasteiger partial charge in [0.15, 0.2) is 0 Å². The van der Waals surface area contributed by atoms with Crippen molar-refractivity contribution in [2.75, 3.05) is 31.6 Å². The van der Waals surface area contributed by atoms with Gasteiger partial charge in [-0.1, -0.05) is 11.6 Å². The molecule has 0 aliphatic heterocycles. The zero-order valence-electron chi connectivity index (χ0n) is 10.9. The molecule has 0 spiro atoms. The van der Waals surface area contributed by atoms with Crippen molar-refractivity contribution in [1.82, 2.24) is 10.3 Å². The van der Waals surface area contributed by atoms with Crippen LogP contribution in [0, 0.1) is 0 Å². The number of likely N-dealkylation sites (N-methyl/N-ethyl adjacent to an activating group) is 1. The summed E-state index contributed by atoms with van der Waals surface area (Å²) < 4.78 is 4.70. The average Bonchev–Trinajstić information content (AvgIpc) is 2.37. The molecule has 0 aliphatic carbocycles. The molecule has 0 fully saturated rings. The summed E-state index contributed by atoms with van der Waals surface area (Å²) in [5.41, 5.74) is 0. The molecule has 104 valence electrons. The van der Waals surface area contributed by atoms with Gasteiger partial charge in [0.05, 0.1) is 18.2 Å². The molecule has 0 aliphatic rings. The van der Waals surface area contributed by atoms with Crippen LogP contribution < -0.4 is 10.2 Å². The summed E-state index contributed by atoms with van der Waals surface area (Å²) in [7, 11) is 1.72. The summed E-state index contributed by atoms with van der Waals surface area (Å²) in [5.74, 6) is -0.119. The lowest BCUT2D eigenvalue weighted by atomic mass is 10.4. The van der Waals surface area contributed by atoms with Gasteiger partial charge in [-0.3, -0.25) is 9.59 Å². The highest BCUT2D eigenvalue weighted by atomic mass is 35.5. The minimum atomic E-state index is -0.455. The van der Waals surface area contributed by atoms with Gasteiger partial charge in [-0.2, -0.15) is 0 Å². The fourth-order valence-corrected chi connectivity index (χ4v) is 1.44. The SMILES string of the molecule is CCOC(=O)CNC(=O)CN(C)c1ccc(Cl)cn1. The third kappa shape index (κ3) is 5.56. The molecule has 0 unspecified atom stereocenters. The Balaban J connectivity index is 2.39. The van der Waals surface area contributed by atoms with E-state index in [1.54, 1.807) is 31.0 Å². The van der Waals surface area contributed by atoms with Crippen LogP contribution in [0.15, 0.2) is 18.3 Å². The molecule has 1 rings (SSSR count). The Morgan fingerprint density at radius 2 is 2.21 bits per heavy atom. The minimum absolute atomic E-state index is 0.0913. The number of esters is 1. The first-order valence-corrected chi connectivity index (χ1v) is 6.15. The summed E-state index contributed by atoms with van der Waals surface area (Å²) in [4.78, 5) is 28.4. The fourth-order valence-electron chi connectivity index (χ4n) is 1.33. The molecule has 0 radical (unpaired) electrons. The van der Waals surface area contributed by atoms with Crippen LogP contribution in [0.25, 0.3) is 0 Å². The van der Waals surface area contributed by atoms with Crippen molar-refractivity contribution in [3.63, 3.8) is 0 Å². The van der Waals surface area contributed by atoms with Crippen molar-refractivity contribution in [3.05, 3.63) is 23.4 Å². The zero-order valence-corrected chi connectivity index (χ0v) is 11.6. The van der Waals surface area contributed by atoms with E-state index in [4.69, 9.17) is 16.3 Å². The first-order chi connectivity index (χ1) is 9.02. The fraction of sp³-hybridized carbons (Fsp3) is 0.417. The summed E-state index contributed by atoms with van der Waals surface area (Å²) in [5, 5.41) is 3.00. The van der Waals surface area contributed by atoms with Crippen LogP contribution in [0.4, 0.5) is 5.82 Å². The topological polar surface area (TPSA) is 71.5 Å². The van der Waals surface area contributed by atoms with Gasteiger partial charge in [-0.25, -0.2) is 4.98 Å². The molecule has 0 saturated carbocycles. The van der Waals surface area contributed by atoms with E-state index >= 15 is 0 Å². The number of hydrogen-bond donors (Lipinski definition) is 1. The Hall–Kier alpha value is -1.82. The number of pyridine rings is 1. The molecule has 1 amide bonds. The van der Waals surface area contributed by atoms with Gasteiger partial charge in [0, 0.05) is 13.2 Å². The van der Waals surface area contributed by atoms with Crippen molar-refractivity contribution in [3.8, 4) is 0 Å². The lowest BCUT2D eigenvalue weighted by Gasteiger charge is -2.17. The molecule has 0 bridgehead atoms. The number of aromatic nitrogens is 1. The van der Waals surface area contributed by atoms with E-state index in [0.717, 1.165) is 0 Å². The number of nitrogens with zero attached hydrogens (tertiary/aromatic N) is 2. The molecule has 0 saturated heterocycles. The van der Waals surface area contributed by atoms with E-state index in [9.17, 15) is 9.59 Å². The van der Waals surface area contributed by atoms with Crippen LogP contribution in [-0.2, 0) is 14.3 Å². The standard InChI is InChI=1S/C12H16ClN3O3/c1-3-19-12(18)7-15-11(17)8-16(2)10-5-4-9(13)6-14-10/h4-6H,3,7-8H2,1-2H3,(H,15,17). The van der Waals surface area contributed by atoms with Crippen LogP contribution in [-0.4, -0.2) is 43.6 Å². The largest absolute Gasteiger partial charge is 0.465 e. The lowest BCUT2D eigenvalue weighted by molar-refractivity contribution is -0.143. The Morgan fingerprint density at radius 1 is 1.47 bits per heavy atom. The molecular formula is C12H16ClN3O3. The molecule has 1 heterocycles. The van der Waals surface area contributed by atoms with Gasteiger partial charge in [-0.05, 0) is 19.1 Å². The number of hydrogen-bond acceptors (Lipinski definition) is 5. The second kappa shape index (κ2) is 7.58. The number of carbonyl (C=O) groups excluding carboxylic acids is 2. The highest BCUT2D eigenvalue weighted by Crippen LogP contribution is 2.12. The molecular weight excluding hydrogens is 270 g/mol.